The summed E-state index contributed by atoms with van der Waals surface area (Å²) < 4.78 is 37.0. The Kier molecular flexibility index (Phi) is 3.14. The molecule has 2 heterocycles. The summed E-state index contributed by atoms with van der Waals surface area (Å²) in [5, 5.41) is 2.82. The Bertz CT molecular complexity index is 537. The van der Waals surface area contributed by atoms with E-state index in [0.717, 1.165) is 12.3 Å². The second-order valence-corrected chi connectivity index (χ2v) is 3.47. The summed E-state index contributed by atoms with van der Waals surface area (Å²) >= 11 is 0. The van der Waals surface area contributed by atoms with Crippen LogP contribution in [0, 0.1) is 0 Å². The Morgan fingerprint density at radius 1 is 1.11 bits per heavy atom. The molecule has 2 aromatic rings. The van der Waals surface area contributed by atoms with E-state index < -0.39 is 11.9 Å². The van der Waals surface area contributed by atoms with Crippen molar-refractivity contribution in [1.82, 2.24) is 15.0 Å². The van der Waals surface area contributed by atoms with E-state index in [1.54, 1.807) is 13.1 Å². The van der Waals surface area contributed by atoms with Crippen molar-refractivity contribution in [2.75, 3.05) is 12.4 Å². The average Bonchev–Trinajstić information content (AvgIpc) is 2.38. The van der Waals surface area contributed by atoms with E-state index in [9.17, 15) is 13.2 Å². The first-order valence-corrected chi connectivity index (χ1v) is 5.04. The zero-order valence-corrected chi connectivity index (χ0v) is 9.36. The third kappa shape index (κ3) is 2.55. The molecule has 0 aromatic carbocycles. The number of hydrogen-bond donors (Lipinski definition) is 1. The Balaban J connectivity index is 2.34. The van der Waals surface area contributed by atoms with Gasteiger partial charge in [0.1, 0.15) is 17.8 Å². The highest BCUT2D eigenvalue weighted by Gasteiger charge is 2.32. The van der Waals surface area contributed by atoms with Crippen molar-refractivity contribution in [3.05, 3.63) is 36.4 Å². The minimum atomic E-state index is -4.43. The fourth-order valence-electron chi connectivity index (χ4n) is 1.36. The third-order valence-electron chi connectivity index (χ3n) is 2.27. The topological polar surface area (TPSA) is 50.7 Å². The molecule has 0 saturated carbocycles. The summed E-state index contributed by atoms with van der Waals surface area (Å²) in [5.74, 6) is 0.583. The average molecular weight is 254 g/mol. The number of anilines is 1. The Morgan fingerprint density at radius 3 is 2.44 bits per heavy atom. The van der Waals surface area contributed by atoms with Crippen LogP contribution in [0.5, 0.6) is 0 Å². The van der Waals surface area contributed by atoms with Gasteiger partial charge in [-0.1, -0.05) is 0 Å². The predicted octanol–water partition coefficient (Wildman–Crippen LogP) is 2.60. The van der Waals surface area contributed by atoms with E-state index in [-0.39, 0.29) is 0 Å². The lowest BCUT2D eigenvalue weighted by atomic mass is 10.2. The normalized spacial score (nSPS) is 11.3. The Hall–Kier alpha value is -2.18. The van der Waals surface area contributed by atoms with Crippen molar-refractivity contribution in [1.29, 1.82) is 0 Å². The van der Waals surface area contributed by atoms with Gasteiger partial charge in [0.05, 0.1) is 5.69 Å². The summed E-state index contributed by atoms with van der Waals surface area (Å²) in [6.07, 6.45) is -1.95. The van der Waals surface area contributed by atoms with Crippen molar-refractivity contribution < 1.29 is 13.2 Å². The summed E-state index contributed by atoms with van der Waals surface area (Å²) in [7, 11) is 1.69. The number of alkyl halides is 3. The van der Waals surface area contributed by atoms with E-state index in [2.05, 4.69) is 20.3 Å². The molecule has 0 amide bonds. The summed E-state index contributed by atoms with van der Waals surface area (Å²) in [4.78, 5) is 11.3. The van der Waals surface area contributed by atoms with E-state index >= 15 is 0 Å². The predicted molar refractivity (Wildman–Crippen MR) is 59.8 cm³/mol. The van der Waals surface area contributed by atoms with Gasteiger partial charge in [0.15, 0.2) is 0 Å². The van der Waals surface area contributed by atoms with Crippen LogP contribution < -0.4 is 5.32 Å². The van der Waals surface area contributed by atoms with Crippen LogP contribution in [0.1, 0.15) is 5.69 Å². The standard InChI is InChI=1S/C11H9F3N4/c1-15-10-4-8(17-6-18-10)7-2-3-9(16-5-7)11(12,13)14/h2-6H,1H3,(H,15,17,18). The lowest BCUT2D eigenvalue weighted by Crippen LogP contribution is -2.07. The van der Waals surface area contributed by atoms with Crippen molar-refractivity contribution in [3.63, 3.8) is 0 Å². The molecule has 4 nitrogen and oxygen atoms in total. The maximum absolute atomic E-state index is 12.3. The van der Waals surface area contributed by atoms with Gasteiger partial charge in [-0.2, -0.15) is 13.2 Å². The van der Waals surface area contributed by atoms with Gasteiger partial charge in [-0.25, -0.2) is 9.97 Å². The van der Waals surface area contributed by atoms with Gasteiger partial charge >= 0.3 is 6.18 Å². The van der Waals surface area contributed by atoms with Crippen LogP contribution in [0.2, 0.25) is 0 Å². The van der Waals surface area contributed by atoms with Crippen LogP contribution in [0.4, 0.5) is 19.0 Å². The molecule has 0 radical (unpaired) electrons. The minimum Gasteiger partial charge on any atom is -0.373 e. The van der Waals surface area contributed by atoms with Gasteiger partial charge in [-0.3, -0.25) is 4.98 Å². The number of nitrogens with one attached hydrogen (secondary N) is 1. The second-order valence-electron chi connectivity index (χ2n) is 3.47. The largest absolute Gasteiger partial charge is 0.433 e. The molecular formula is C11H9F3N4. The summed E-state index contributed by atoms with van der Waals surface area (Å²) in [6.45, 7) is 0. The highest BCUT2D eigenvalue weighted by Crippen LogP contribution is 2.28. The molecule has 0 aliphatic rings. The molecule has 2 rings (SSSR count). The molecule has 2 aromatic heterocycles. The van der Waals surface area contributed by atoms with Crippen molar-refractivity contribution in [2.24, 2.45) is 0 Å². The molecule has 7 heteroatoms. The summed E-state index contributed by atoms with van der Waals surface area (Å²) in [6, 6.07) is 3.89. The Morgan fingerprint density at radius 2 is 1.89 bits per heavy atom. The van der Waals surface area contributed by atoms with Crippen LogP contribution in [0.15, 0.2) is 30.7 Å². The van der Waals surface area contributed by atoms with E-state index in [0.29, 0.717) is 17.1 Å². The highest BCUT2D eigenvalue weighted by atomic mass is 19.4. The van der Waals surface area contributed by atoms with Crippen molar-refractivity contribution >= 4 is 5.82 Å². The SMILES string of the molecule is CNc1cc(-c2ccc(C(F)(F)F)nc2)ncn1. The second kappa shape index (κ2) is 4.59. The van der Waals surface area contributed by atoms with Crippen LogP contribution in [-0.4, -0.2) is 22.0 Å². The quantitative estimate of drug-likeness (QED) is 0.895. The van der Waals surface area contributed by atoms with Crippen LogP contribution in [0.3, 0.4) is 0 Å². The Labute approximate surface area is 101 Å². The molecule has 18 heavy (non-hydrogen) atoms. The lowest BCUT2D eigenvalue weighted by molar-refractivity contribution is -0.141. The van der Waals surface area contributed by atoms with Crippen molar-refractivity contribution in [3.8, 4) is 11.3 Å². The number of halogens is 3. The highest BCUT2D eigenvalue weighted by molar-refractivity contribution is 5.61. The zero-order chi connectivity index (χ0) is 13.2. The number of nitrogens with zero attached hydrogens (tertiary/aromatic N) is 3. The summed E-state index contributed by atoms with van der Waals surface area (Å²) in [5.41, 5.74) is 0.0895. The molecular weight excluding hydrogens is 245 g/mol. The maximum Gasteiger partial charge on any atom is 0.433 e. The fraction of sp³-hybridized carbons (Fsp3) is 0.182. The molecule has 0 fully saturated rings. The van der Waals surface area contributed by atoms with Crippen LogP contribution in [-0.2, 0) is 6.18 Å². The van der Waals surface area contributed by atoms with Gasteiger partial charge < -0.3 is 5.32 Å². The molecule has 0 aliphatic heterocycles. The van der Waals surface area contributed by atoms with E-state index in [4.69, 9.17) is 0 Å². The molecule has 1 N–H and O–H groups in total. The molecule has 94 valence electrons. The molecule has 0 aliphatic carbocycles. The fourth-order valence-corrected chi connectivity index (χ4v) is 1.36. The van der Waals surface area contributed by atoms with Gasteiger partial charge in [-0.05, 0) is 12.1 Å². The first kappa shape index (κ1) is 12.3. The number of aromatic nitrogens is 3. The maximum atomic E-state index is 12.3. The van der Waals surface area contributed by atoms with Gasteiger partial charge in [-0.15, -0.1) is 0 Å². The molecule has 0 saturated heterocycles. The number of pyridine rings is 1. The lowest BCUT2D eigenvalue weighted by Gasteiger charge is -2.06. The van der Waals surface area contributed by atoms with Crippen LogP contribution >= 0.6 is 0 Å². The monoisotopic (exact) mass is 254 g/mol. The van der Waals surface area contributed by atoms with E-state index in [1.807, 2.05) is 0 Å². The van der Waals surface area contributed by atoms with E-state index in [1.165, 1.54) is 12.4 Å². The smallest absolute Gasteiger partial charge is 0.373 e. The van der Waals surface area contributed by atoms with Gasteiger partial charge in [0.2, 0.25) is 0 Å². The molecule has 0 atom stereocenters. The first-order valence-electron chi connectivity index (χ1n) is 5.04. The molecule has 0 unspecified atom stereocenters. The van der Waals surface area contributed by atoms with Crippen LogP contribution in [0.25, 0.3) is 11.3 Å². The number of hydrogen-bond acceptors (Lipinski definition) is 4. The zero-order valence-electron chi connectivity index (χ0n) is 9.36. The molecule has 0 bridgehead atoms. The van der Waals surface area contributed by atoms with Crippen molar-refractivity contribution in [2.45, 2.75) is 6.18 Å². The minimum absolute atomic E-state index is 0.502. The number of rotatable bonds is 2. The van der Waals surface area contributed by atoms with Gasteiger partial charge in [0.25, 0.3) is 0 Å². The first-order chi connectivity index (χ1) is 8.50. The van der Waals surface area contributed by atoms with Gasteiger partial charge in [0, 0.05) is 24.9 Å². The molecule has 0 spiro atoms. The third-order valence-corrected chi connectivity index (χ3v) is 2.27.